The Morgan fingerprint density at radius 1 is 1.14 bits per heavy atom. The fourth-order valence-corrected chi connectivity index (χ4v) is 1.57. The molecule has 3 N–H and O–H groups in total. The van der Waals surface area contributed by atoms with Crippen LogP contribution in [0.25, 0.3) is 0 Å². The summed E-state index contributed by atoms with van der Waals surface area (Å²) in [5.74, 6) is -1.91. The van der Waals surface area contributed by atoms with Crippen LogP contribution in [0, 0.1) is 5.92 Å². The van der Waals surface area contributed by atoms with Gasteiger partial charge >= 0.3 is 12.1 Å². The van der Waals surface area contributed by atoms with E-state index in [1.165, 1.54) is 0 Å². The molecule has 6 nitrogen and oxygen atoms in total. The number of nitrogens with zero attached hydrogens (tertiary/aromatic N) is 1. The molecule has 1 fully saturated rings. The van der Waals surface area contributed by atoms with Crippen LogP contribution in [0.1, 0.15) is 12.8 Å². The lowest BCUT2D eigenvalue weighted by molar-refractivity contribution is -0.145. The second-order valence-corrected chi connectivity index (χ2v) is 3.36. The van der Waals surface area contributed by atoms with Gasteiger partial charge in [-0.1, -0.05) is 0 Å². The largest absolute Gasteiger partial charge is 0.481 e. The van der Waals surface area contributed by atoms with Crippen molar-refractivity contribution in [3.8, 4) is 0 Å². The minimum Gasteiger partial charge on any atom is -0.481 e. The van der Waals surface area contributed by atoms with Gasteiger partial charge in [0.15, 0.2) is 0 Å². The van der Waals surface area contributed by atoms with Crippen molar-refractivity contribution in [1.29, 1.82) is 0 Å². The summed E-state index contributed by atoms with van der Waals surface area (Å²) >= 11 is 0. The van der Waals surface area contributed by atoms with Crippen LogP contribution in [-0.2, 0) is 4.79 Å². The van der Waals surface area contributed by atoms with Crippen molar-refractivity contribution in [1.82, 2.24) is 4.90 Å². The van der Waals surface area contributed by atoms with Gasteiger partial charge in [0.2, 0.25) is 0 Å². The molecule has 1 amide bonds. The standard InChI is InChI=1S/C8H13NO5/c10-6-2-4-9(8(13)14)3-1-5(6)7(11)12/h5-6,10H,1-4H2,(H,11,12)(H,13,14). The summed E-state index contributed by atoms with van der Waals surface area (Å²) in [6.07, 6.45) is -1.66. The molecular weight excluding hydrogens is 190 g/mol. The Morgan fingerprint density at radius 3 is 2.21 bits per heavy atom. The maximum absolute atomic E-state index is 10.7. The van der Waals surface area contributed by atoms with Crippen molar-refractivity contribution in [3.05, 3.63) is 0 Å². The van der Waals surface area contributed by atoms with Gasteiger partial charge in [-0.25, -0.2) is 4.79 Å². The Kier molecular flexibility index (Phi) is 3.29. The normalized spacial score (nSPS) is 28.2. The zero-order valence-electron chi connectivity index (χ0n) is 7.59. The topological polar surface area (TPSA) is 98.1 Å². The third-order valence-corrected chi connectivity index (χ3v) is 2.46. The molecule has 0 aliphatic carbocycles. The van der Waals surface area contributed by atoms with Crippen LogP contribution in [0.5, 0.6) is 0 Å². The highest BCUT2D eigenvalue weighted by molar-refractivity contribution is 5.71. The predicted octanol–water partition coefficient (Wildman–Crippen LogP) is -0.178. The summed E-state index contributed by atoms with van der Waals surface area (Å²) in [7, 11) is 0. The first-order chi connectivity index (χ1) is 6.52. The van der Waals surface area contributed by atoms with Crippen LogP contribution >= 0.6 is 0 Å². The van der Waals surface area contributed by atoms with Gasteiger partial charge in [-0.05, 0) is 12.8 Å². The molecular formula is C8H13NO5. The van der Waals surface area contributed by atoms with E-state index >= 15 is 0 Å². The third-order valence-electron chi connectivity index (χ3n) is 2.46. The molecule has 1 heterocycles. The van der Waals surface area contributed by atoms with E-state index in [0.29, 0.717) is 0 Å². The summed E-state index contributed by atoms with van der Waals surface area (Å²) in [6.45, 7) is 0.365. The number of carboxylic acids is 1. The van der Waals surface area contributed by atoms with Crippen LogP contribution in [0.2, 0.25) is 0 Å². The zero-order chi connectivity index (χ0) is 10.7. The molecule has 1 rings (SSSR count). The molecule has 80 valence electrons. The third kappa shape index (κ3) is 2.35. The Bertz CT molecular complexity index is 242. The number of likely N-dealkylation sites (tertiary alicyclic amines) is 1. The predicted molar refractivity (Wildman–Crippen MR) is 46.0 cm³/mol. The van der Waals surface area contributed by atoms with E-state index < -0.39 is 24.1 Å². The molecule has 2 unspecified atom stereocenters. The van der Waals surface area contributed by atoms with Crippen molar-refractivity contribution in [3.63, 3.8) is 0 Å². The minimum absolute atomic E-state index is 0.169. The lowest BCUT2D eigenvalue weighted by atomic mass is 9.98. The second-order valence-electron chi connectivity index (χ2n) is 3.36. The number of aliphatic hydroxyl groups excluding tert-OH is 1. The minimum atomic E-state index is -1.07. The van der Waals surface area contributed by atoms with E-state index in [9.17, 15) is 14.7 Å². The Morgan fingerprint density at radius 2 is 1.71 bits per heavy atom. The highest BCUT2D eigenvalue weighted by Crippen LogP contribution is 2.18. The van der Waals surface area contributed by atoms with Crippen LogP contribution in [0.15, 0.2) is 0 Å². The van der Waals surface area contributed by atoms with E-state index in [0.717, 1.165) is 4.90 Å². The molecule has 0 aromatic rings. The zero-order valence-corrected chi connectivity index (χ0v) is 7.59. The van der Waals surface area contributed by atoms with E-state index in [2.05, 4.69) is 0 Å². The summed E-state index contributed by atoms with van der Waals surface area (Å²) < 4.78 is 0. The van der Waals surface area contributed by atoms with E-state index in [-0.39, 0.29) is 25.9 Å². The first kappa shape index (κ1) is 10.8. The summed E-state index contributed by atoms with van der Waals surface area (Å²) in [5.41, 5.74) is 0. The quantitative estimate of drug-likeness (QED) is 0.549. The number of rotatable bonds is 1. The molecule has 1 saturated heterocycles. The molecule has 1 aliphatic rings. The number of carboxylic acid groups (broad SMARTS) is 2. The average Bonchev–Trinajstić information content (AvgIpc) is 2.26. The number of amides is 1. The average molecular weight is 203 g/mol. The van der Waals surface area contributed by atoms with Crippen molar-refractivity contribution in [2.45, 2.75) is 18.9 Å². The Hall–Kier alpha value is -1.30. The van der Waals surface area contributed by atoms with Gasteiger partial charge in [-0.3, -0.25) is 4.79 Å². The molecule has 0 spiro atoms. The van der Waals surface area contributed by atoms with Gasteiger partial charge in [0, 0.05) is 13.1 Å². The van der Waals surface area contributed by atoms with Gasteiger partial charge in [0.25, 0.3) is 0 Å². The maximum Gasteiger partial charge on any atom is 0.407 e. The monoisotopic (exact) mass is 203 g/mol. The smallest absolute Gasteiger partial charge is 0.407 e. The number of carbonyl (C=O) groups is 2. The summed E-state index contributed by atoms with van der Waals surface area (Å²) in [6, 6.07) is 0. The van der Waals surface area contributed by atoms with Gasteiger partial charge in [0.1, 0.15) is 0 Å². The molecule has 2 atom stereocenters. The summed E-state index contributed by atoms with van der Waals surface area (Å²) in [4.78, 5) is 22.4. The van der Waals surface area contributed by atoms with Crippen molar-refractivity contribution < 1.29 is 24.9 Å². The lowest BCUT2D eigenvalue weighted by Crippen LogP contribution is -2.30. The number of aliphatic hydroxyl groups is 1. The van der Waals surface area contributed by atoms with E-state index in [1.807, 2.05) is 0 Å². The van der Waals surface area contributed by atoms with Crippen LogP contribution in [0.3, 0.4) is 0 Å². The Labute approximate surface area is 80.8 Å². The van der Waals surface area contributed by atoms with Crippen LogP contribution < -0.4 is 0 Å². The van der Waals surface area contributed by atoms with Crippen molar-refractivity contribution in [2.24, 2.45) is 5.92 Å². The van der Waals surface area contributed by atoms with Crippen LogP contribution in [-0.4, -0.2) is 51.5 Å². The van der Waals surface area contributed by atoms with Gasteiger partial charge in [0.05, 0.1) is 12.0 Å². The maximum atomic E-state index is 10.7. The first-order valence-electron chi connectivity index (χ1n) is 4.41. The molecule has 0 saturated carbocycles. The highest BCUT2D eigenvalue weighted by atomic mass is 16.4. The van der Waals surface area contributed by atoms with Crippen LogP contribution in [0.4, 0.5) is 4.79 Å². The molecule has 0 radical (unpaired) electrons. The van der Waals surface area contributed by atoms with E-state index in [4.69, 9.17) is 10.2 Å². The molecule has 6 heteroatoms. The van der Waals surface area contributed by atoms with Crippen molar-refractivity contribution in [2.75, 3.05) is 13.1 Å². The van der Waals surface area contributed by atoms with Gasteiger partial charge in [-0.2, -0.15) is 0 Å². The molecule has 1 aliphatic heterocycles. The fourth-order valence-electron chi connectivity index (χ4n) is 1.57. The summed E-state index contributed by atoms with van der Waals surface area (Å²) in [5, 5.41) is 26.8. The van der Waals surface area contributed by atoms with Crippen molar-refractivity contribution >= 4 is 12.1 Å². The second kappa shape index (κ2) is 4.28. The lowest BCUT2D eigenvalue weighted by Gasteiger charge is -2.15. The Balaban J connectivity index is 2.62. The van der Waals surface area contributed by atoms with Gasteiger partial charge < -0.3 is 20.2 Å². The molecule has 0 bridgehead atoms. The number of hydrogen-bond donors (Lipinski definition) is 3. The number of aliphatic carboxylic acids is 1. The highest BCUT2D eigenvalue weighted by Gasteiger charge is 2.31. The van der Waals surface area contributed by atoms with E-state index in [1.54, 1.807) is 0 Å². The first-order valence-corrected chi connectivity index (χ1v) is 4.41. The number of hydrogen-bond acceptors (Lipinski definition) is 3. The van der Waals surface area contributed by atoms with Gasteiger partial charge in [-0.15, -0.1) is 0 Å². The molecule has 14 heavy (non-hydrogen) atoms. The molecule has 0 aromatic heterocycles. The SMILES string of the molecule is O=C(O)C1CCN(C(=O)O)CCC1O. The fraction of sp³-hybridized carbons (Fsp3) is 0.750. The molecule has 0 aromatic carbocycles.